The first-order chi connectivity index (χ1) is 8.20. The molecule has 1 fully saturated rings. The van der Waals surface area contributed by atoms with Crippen molar-refractivity contribution in [3.8, 4) is 0 Å². The van der Waals surface area contributed by atoms with Crippen LogP contribution < -0.4 is 5.32 Å². The van der Waals surface area contributed by atoms with E-state index in [4.69, 9.17) is 9.52 Å². The van der Waals surface area contributed by atoms with Gasteiger partial charge in [-0.1, -0.05) is 6.92 Å². The molecule has 2 N–H and O–H groups in total. The first-order valence-electron chi connectivity index (χ1n) is 5.69. The standard InChI is InChI=1S/C10H16N4O3/c1-2-8-12-13-9(17-8)6-14-4-3-11-5-7(14)10(15)16/h7,11H,2-6H2,1H3,(H,15,16). The Bertz CT molecular complexity index is 393. The number of aryl methyl sites for hydroxylation is 1. The van der Waals surface area contributed by atoms with Crippen LogP contribution in [0.15, 0.2) is 4.42 Å². The average Bonchev–Trinajstić information content (AvgIpc) is 2.77. The van der Waals surface area contributed by atoms with E-state index in [1.807, 2.05) is 11.8 Å². The van der Waals surface area contributed by atoms with Gasteiger partial charge in [0.15, 0.2) is 0 Å². The highest BCUT2D eigenvalue weighted by atomic mass is 16.4. The summed E-state index contributed by atoms with van der Waals surface area (Å²) in [6, 6.07) is -0.527. The number of rotatable bonds is 4. The van der Waals surface area contributed by atoms with E-state index in [0.717, 1.165) is 6.54 Å². The van der Waals surface area contributed by atoms with Crippen LogP contribution >= 0.6 is 0 Å². The molecule has 0 spiro atoms. The summed E-state index contributed by atoms with van der Waals surface area (Å²) in [5, 5.41) is 19.9. The Morgan fingerprint density at radius 1 is 1.59 bits per heavy atom. The van der Waals surface area contributed by atoms with Gasteiger partial charge < -0.3 is 14.8 Å². The molecule has 1 aliphatic rings. The number of aliphatic carboxylic acids is 1. The van der Waals surface area contributed by atoms with Crippen LogP contribution in [-0.2, 0) is 17.8 Å². The van der Waals surface area contributed by atoms with Crippen LogP contribution in [-0.4, -0.2) is 51.8 Å². The molecule has 94 valence electrons. The maximum absolute atomic E-state index is 11.1. The van der Waals surface area contributed by atoms with Crippen LogP contribution in [0.5, 0.6) is 0 Å². The number of hydrogen-bond acceptors (Lipinski definition) is 6. The third-order valence-electron chi connectivity index (χ3n) is 2.79. The van der Waals surface area contributed by atoms with Crippen molar-refractivity contribution >= 4 is 5.97 Å². The predicted octanol–water partition coefficient (Wildman–Crippen LogP) is -0.510. The second kappa shape index (κ2) is 5.24. The molecule has 1 saturated heterocycles. The predicted molar refractivity (Wildman–Crippen MR) is 58.4 cm³/mol. The first kappa shape index (κ1) is 12.0. The summed E-state index contributed by atoms with van der Waals surface area (Å²) in [7, 11) is 0. The Morgan fingerprint density at radius 3 is 3.00 bits per heavy atom. The third kappa shape index (κ3) is 2.80. The number of nitrogens with one attached hydrogen (secondary N) is 1. The van der Waals surface area contributed by atoms with Gasteiger partial charge in [0.05, 0.1) is 6.54 Å². The Morgan fingerprint density at radius 2 is 2.35 bits per heavy atom. The van der Waals surface area contributed by atoms with Gasteiger partial charge in [-0.25, -0.2) is 0 Å². The molecule has 0 aromatic carbocycles. The van der Waals surface area contributed by atoms with Crippen LogP contribution in [0.1, 0.15) is 18.7 Å². The zero-order chi connectivity index (χ0) is 12.3. The average molecular weight is 240 g/mol. The molecule has 0 saturated carbocycles. The maximum Gasteiger partial charge on any atom is 0.322 e. The van der Waals surface area contributed by atoms with Crippen LogP contribution in [0.25, 0.3) is 0 Å². The van der Waals surface area contributed by atoms with Crippen molar-refractivity contribution in [3.63, 3.8) is 0 Å². The van der Waals surface area contributed by atoms with Crippen molar-refractivity contribution in [1.82, 2.24) is 20.4 Å². The Labute approximate surface area is 98.8 Å². The second-order valence-corrected chi connectivity index (χ2v) is 3.97. The van der Waals surface area contributed by atoms with E-state index >= 15 is 0 Å². The lowest BCUT2D eigenvalue weighted by atomic mass is 10.2. The Hall–Kier alpha value is -1.47. The minimum Gasteiger partial charge on any atom is -0.480 e. The zero-order valence-corrected chi connectivity index (χ0v) is 9.72. The normalized spacial score (nSPS) is 21.6. The number of carboxylic acids is 1. The summed E-state index contributed by atoms with van der Waals surface area (Å²) in [5.41, 5.74) is 0. The van der Waals surface area contributed by atoms with Gasteiger partial charge in [-0.15, -0.1) is 10.2 Å². The van der Waals surface area contributed by atoms with Crippen molar-refractivity contribution in [2.45, 2.75) is 25.9 Å². The molecule has 0 aliphatic carbocycles. The van der Waals surface area contributed by atoms with Crippen molar-refractivity contribution in [1.29, 1.82) is 0 Å². The molecule has 1 atom stereocenters. The lowest BCUT2D eigenvalue weighted by Crippen LogP contribution is -2.54. The summed E-state index contributed by atoms with van der Waals surface area (Å²) in [4.78, 5) is 12.9. The third-order valence-corrected chi connectivity index (χ3v) is 2.79. The smallest absolute Gasteiger partial charge is 0.322 e. The highest BCUT2D eigenvalue weighted by molar-refractivity contribution is 5.73. The van der Waals surface area contributed by atoms with E-state index in [1.54, 1.807) is 0 Å². The zero-order valence-electron chi connectivity index (χ0n) is 9.72. The van der Waals surface area contributed by atoms with E-state index in [9.17, 15) is 4.79 Å². The van der Waals surface area contributed by atoms with Gasteiger partial charge in [-0.2, -0.15) is 0 Å². The molecule has 0 amide bonds. The first-order valence-corrected chi connectivity index (χ1v) is 5.69. The fourth-order valence-corrected chi connectivity index (χ4v) is 1.85. The summed E-state index contributed by atoms with van der Waals surface area (Å²) in [6.07, 6.45) is 0.691. The van der Waals surface area contributed by atoms with E-state index in [1.165, 1.54) is 0 Å². The van der Waals surface area contributed by atoms with Crippen LogP contribution in [0.4, 0.5) is 0 Å². The molecular formula is C10H16N4O3. The molecule has 0 bridgehead atoms. The van der Waals surface area contributed by atoms with E-state index in [-0.39, 0.29) is 0 Å². The fourth-order valence-electron chi connectivity index (χ4n) is 1.85. The van der Waals surface area contributed by atoms with Crippen molar-refractivity contribution in [3.05, 3.63) is 11.8 Å². The molecule has 1 unspecified atom stereocenters. The summed E-state index contributed by atoms with van der Waals surface area (Å²) < 4.78 is 5.39. The quantitative estimate of drug-likeness (QED) is 0.732. The molecule has 0 radical (unpaired) electrons. The summed E-state index contributed by atoms with van der Waals surface area (Å²) >= 11 is 0. The Balaban J connectivity index is 2.02. The number of aromatic nitrogens is 2. The second-order valence-electron chi connectivity index (χ2n) is 3.97. The monoisotopic (exact) mass is 240 g/mol. The maximum atomic E-state index is 11.1. The highest BCUT2D eigenvalue weighted by Crippen LogP contribution is 2.10. The lowest BCUT2D eigenvalue weighted by Gasteiger charge is -2.32. The Kier molecular flexibility index (Phi) is 3.70. The number of carbonyl (C=O) groups is 1. The van der Waals surface area contributed by atoms with Crippen LogP contribution in [0.3, 0.4) is 0 Å². The van der Waals surface area contributed by atoms with Crippen molar-refractivity contribution in [2.24, 2.45) is 0 Å². The van der Waals surface area contributed by atoms with E-state index in [2.05, 4.69) is 15.5 Å². The summed E-state index contributed by atoms with van der Waals surface area (Å²) in [5.74, 6) is 0.240. The minimum atomic E-state index is -0.826. The minimum absolute atomic E-state index is 0.394. The number of nitrogens with zero attached hydrogens (tertiary/aromatic N) is 3. The number of piperazine rings is 1. The SMILES string of the molecule is CCc1nnc(CN2CCNCC2C(=O)O)o1. The van der Waals surface area contributed by atoms with E-state index < -0.39 is 12.0 Å². The molecule has 2 heterocycles. The van der Waals surface area contributed by atoms with Gasteiger partial charge in [0, 0.05) is 26.1 Å². The molecule has 1 aliphatic heterocycles. The fraction of sp³-hybridized carbons (Fsp3) is 0.700. The van der Waals surface area contributed by atoms with Gasteiger partial charge in [-0.3, -0.25) is 9.69 Å². The number of hydrogen-bond donors (Lipinski definition) is 2. The van der Waals surface area contributed by atoms with Gasteiger partial charge in [0.25, 0.3) is 0 Å². The van der Waals surface area contributed by atoms with Crippen molar-refractivity contribution in [2.75, 3.05) is 19.6 Å². The highest BCUT2D eigenvalue weighted by Gasteiger charge is 2.29. The van der Waals surface area contributed by atoms with Gasteiger partial charge in [0.1, 0.15) is 6.04 Å². The van der Waals surface area contributed by atoms with Crippen LogP contribution in [0, 0.1) is 0 Å². The molecule has 7 heteroatoms. The van der Waals surface area contributed by atoms with Gasteiger partial charge in [0.2, 0.25) is 11.8 Å². The lowest BCUT2D eigenvalue weighted by molar-refractivity contribution is -0.144. The van der Waals surface area contributed by atoms with Crippen molar-refractivity contribution < 1.29 is 14.3 Å². The molecule has 1 aromatic heterocycles. The topological polar surface area (TPSA) is 91.5 Å². The molecule has 2 rings (SSSR count). The molecule has 1 aromatic rings. The molecule has 7 nitrogen and oxygen atoms in total. The van der Waals surface area contributed by atoms with E-state index in [0.29, 0.717) is 37.8 Å². The van der Waals surface area contributed by atoms with Crippen LogP contribution in [0.2, 0.25) is 0 Å². The van der Waals surface area contributed by atoms with Gasteiger partial charge >= 0.3 is 5.97 Å². The number of carboxylic acid groups (broad SMARTS) is 1. The molecule has 17 heavy (non-hydrogen) atoms. The van der Waals surface area contributed by atoms with Gasteiger partial charge in [-0.05, 0) is 0 Å². The molecular weight excluding hydrogens is 224 g/mol. The largest absolute Gasteiger partial charge is 0.480 e. The summed E-state index contributed by atoms with van der Waals surface area (Å²) in [6.45, 7) is 4.22.